The lowest BCUT2D eigenvalue weighted by Gasteiger charge is -2.26. The summed E-state index contributed by atoms with van der Waals surface area (Å²) in [5.74, 6) is 0. The molecular formula is C6H9F6O3P. The zero-order valence-corrected chi connectivity index (χ0v) is 9.33. The highest BCUT2D eigenvalue weighted by Crippen LogP contribution is 2.52. The van der Waals surface area contributed by atoms with Crippen LogP contribution < -0.4 is 0 Å². The fourth-order valence-corrected chi connectivity index (χ4v) is 1.35. The van der Waals surface area contributed by atoms with Gasteiger partial charge >= 0.3 is 21.3 Å². The minimum atomic E-state index is -5.26. The van der Waals surface area contributed by atoms with E-state index in [-0.39, 0.29) is 0 Å². The van der Waals surface area contributed by atoms with Gasteiger partial charge in [0.25, 0.3) is 0 Å². The maximum absolute atomic E-state index is 11.7. The lowest BCUT2D eigenvalue weighted by Crippen LogP contribution is -2.23. The third kappa shape index (κ3) is 10.4. The van der Waals surface area contributed by atoms with Gasteiger partial charge in [0.1, 0.15) is 0 Å². The first-order chi connectivity index (χ1) is 6.79. The average molecular weight is 274 g/mol. The van der Waals surface area contributed by atoms with Crippen LogP contribution in [0.2, 0.25) is 0 Å². The summed E-state index contributed by atoms with van der Waals surface area (Å²) >= 11 is 0. The second-order valence-electron chi connectivity index (χ2n) is 3.50. The van der Waals surface area contributed by atoms with E-state index in [1.165, 1.54) is 20.8 Å². The van der Waals surface area contributed by atoms with E-state index >= 15 is 0 Å². The molecule has 0 aliphatic rings. The first-order valence-electron chi connectivity index (χ1n) is 3.79. The predicted molar refractivity (Wildman–Crippen MR) is 42.0 cm³/mol. The van der Waals surface area contributed by atoms with Gasteiger partial charge in [-0.15, -0.1) is 26.3 Å². The van der Waals surface area contributed by atoms with E-state index in [0.29, 0.717) is 0 Å². The fourth-order valence-electron chi connectivity index (χ4n) is 0.449. The van der Waals surface area contributed by atoms with Crippen molar-refractivity contribution in [1.29, 1.82) is 0 Å². The zero-order valence-electron chi connectivity index (χ0n) is 8.44. The van der Waals surface area contributed by atoms with Crippen molar-refractivity contribution in [1.82, 2.24) is 0 Å². The van der Waals surface area contributed by atoms with Crippen molar-refractivity contribution >= 4 is 8.60 Å². The third-order valence-electron chi connectivity index (χ3n) is 0.704. The van der Waals surface area contributed by atoms with Gasteiger partial charge in [0.15, 0.2) is 0 Å². The molecule has 0 aliphatic carbocycles. The summed E-state index contributed by atoms with van der Waals surface area (Å²) in [6.45, 7) is 3.80. The Balaban J connectivity index is 4.53. The van der Waals surface area contributed by atoms with E-state index in [4.69, 9.17) is 0 Å². The van der Waals surface area contributed by atoms with Crippen LogP contribution >= 0.6 is 8.60 Å². The van der Waals surface area contributed by atoms with Gasteiger partial charge in [-0.25, -0.2) is 9.05 Å². The molecule has 98 valence electrons. The highest BCUT2D eigenvalue weighted by molar-refractivity contribution is 7.41. The third-order valence-corrected chi connectivity index (χ3v) is 2.11. The molecule has 0 saturated carbocycles. The minimum Gasteiger partial charge on any atom is -0.306 e. The van der Waals surface area contributed by atoms with Crippen molar-refractivity contribution in [2.24, 2.45) is 0 Å². The highest BCUT2D eigenvalue weighted by Gasteiger charge is 2.44. The molecular weight excluding hydrogens is 265 g/mol. The molecule has 0 amide bonds. The van der Waals surface area contributed by atoms with Crippen LogP contribution in [-0.2, 0) is 13.6 Å². The molecule has 0 unspecified atom stereocenters. The molecule has 0 saturated heterocycles. The molecule has 0 fully saturated rings. The molecule has 0 aromatic rings. The molecule has 10 heteroatoms. The number of halogens is 6. The maximum atomic E-state index is 11.7. The molecule has 3 nitrogen and oxygen atoms in total. The zero-order chi connectivity index (χ0) is 13.2. The fraction of sp³-hybridized carbons (Fsp3) is 1.00. The summed E-state index contributed by atoms with van der Waals surface area (Å²) in [5, 5.41) is 0. The van der Waals surface area contributed by atoms with Crippen LogP contribution in [0.1, 0.15) is 20.8 Å². The number of alkyl halides is 6. The summed E-state index contributed by atoms with van der Waals surface area (Å²) in [4.78, 5) is 0. The number of hydrogen-bond acceptors (Lipinski definition) is 3. The van der Waals surface area contributed by atoms with Gasteiger partial charge < -0.3 is 4.52 Å². The van der Waals surface area contributed by atoms with E-state index < -0.39 is 26.9 Å². The summed E-state index contributed by atoms with van der Waals surface area (Å²) in [6, 6.07) is 0. The smallest absolute Gasteiger partial charge is 0.306 e. The average Bonchev–Trinajstić information content (AvgIpc) is 1.70. The van der Waals surface area contributed by atoms with Gasteiger partial charge in [-0.05, 0) is 20.8 Å². The van der Waals surface area contributed by atoms with Gasteiger partial charge in [-0.1, -0.05) is 0 Å². The first-order valence-corrected chi connectivity index (χ1v) is 4.89. The molecule has 0 bridgehead atoms. The molecule has 0 heterocycles. The molecule has 0 N–H and O–H groups in total. The van der Waals surface area contributed by atoms with Crippen molar-refractivity contribution in [2.45, 2.75) is 39.1 Å². The Bertz CT molecular complexity index is 182. The van der Waals surface area contributed by atoms with Crippen LogP contribution in [0.15, 0.2) is 0 Å². The molecule has 16 heavy (non-hydrogen) atoms. The van der Waals surface area contributed by atoms with Crippen LogP contribution in [-0.4, -0.2) is 18.3 Å². The lowest BCUT2D eigenvalue weighted by atomic mass is 10.2. The summed E-state index contributed by atoms with van der Waals surface area (Å²) in [7, 11) is -3.57. The monoisotopic (exact) mass is 274 g/mol. The van der Waals surface area contributed by atoms with Crippen LogP contribution in [0, 0.1) is 0 Å². The molecule has 0 aliphatic heterocycles. The Morgan fingerprint density at radius 3 is 1.19 bits per heavy atom. The normalized spacial score (nSPS) is 14.6. The van der Waals surface area contributed by atoms with Gasteiger partial charge in [0, 0.05) is 0 Å². The Morgan fingerprint density at radius 2 is 1.00 bits per heavy atom. The van der Waals surface area contributed by atoms with Crippen molar-refractivity contribution in [3.63, 3.8) is 0 Å². The maximum Gasteiger partial charge on any atom is 0.529 e. The van der Waals surface area contributed by atoms with Gasteiger partial charge in [-0.2, -0.15) is 0 Å². The molecule has 0 atom stereocenters. The van der Waals surface area contributed by atoms with Crippen molar-refractivity contribution in [2.75, 3.05) is 0 Å². The van der Waals surface area contributed by atoms with Crippen LogP contribution in [0.25, 0.3) is 0 Å². The molecule has 0 aromatic heterocycles. The number of rotatable bonds is 3. The minimum absolute atomic E-state index is 1.26. The van der Waals surface area contributed by atoms with E-state index in [2.05, 4.69) is 13.6 Å². The van der Waals surface area contributed by atoms with E-state index in [9.17, 15) is 26.3 Å². The van der Waals surface area contributed by atoms with Crippen LogP contribution in [0.3, 0.4) is 0 Å². The first kappa shape index (κ1) is 15.9. The molecule has 0 rings (SSSR count). The quantitative estimate of drug-likeness (QED) is 0.572. The Morgan fingerprint density at radius 1 is 0.688 bits per heavy atom. The van der Waals surface area contributed by atoms with E-state index in [0.717, 1.165) is 0 Å². The Kier molecular flexibility index (Phi) is 5.00. The van der Waals surface area contributed by atoms with Gasteiger partial charge in [-0.3, -0.25) is 0 Å². The SMILES string of the molecule is CC(C)(C)OP(OC(F)(F)F)OC(F)(F)F. The second-order valence-corrected chi connectivity index (χ2v) is 4.50. The molecule has 0 spiro atoms. The standard InChI is InChI=1S/C6H9F6O3P/c1-4(2,3)13-16(14-5(7,8)9)15-6(10,11)12/h1-3H3. The summed E-state index contributed by atoms with van der Waals surface area (Å²) in [5.41, 5.74) is -1.26. The van der Waals surface area contributed by atoms with Crippen molar-refractivity contribution < 1.29 is 39.9 Å². The Hall–Kier alpha value is -0.110. The predicted octanol–water partition coefficient (Wildman–Crippen LogP) is 4.10. The van der Waals surface area contributed by atoms with E-state index in [1.54, 1.807) is 0 Å². The van der Waals surface area contributed by atoms with Gasteiger partial charge in [0.05, 0.1) is 5.60 Å². The molecule has 0 aromatic carbocycles. The van der Waals surface area contributed by atoms with Crippen LogP contribution in [0.5, 0.6) is 0 Å². The Labute approximate surface area is 88.7 Å². The molecule has 0 radical (unpaired) electrons. The highest BCUT2D eigenvalue weighted by atomic mass is 31.2. The van der Waals surface area contributed by atoms with Gasteiger partial charge in [0.2, 0.25) is 0 Å². The van der Waals surface area contributed by atoms with E-state index in [1.807, 2.05) is 0 Å². The van der Waals surface area contributed by atoms with Crippen LogP contribution in [0.4, 0.5) is 26.3 Å². The lowest BCUT2D eigenvalue weighted by molar-refractivity contribution is -0.310. The second kappa shape index (κ2) is 5.03. The largest absolute Gasteiger partial charge is 0.529 e. The van der Waals surface area contributed by atoms with Crippen molar-refractivity contribution in [3.05, 3.63) is 0 Å². The number of hydrogen-bond donors (Lipinski definition) is 0. The summed E-state index contributed by atoms with van der Waals surface area (Å²) < 4.78 is 80.9. The topological polar surface area (TPSA) is 27.7 Å². The van der Waals surface area contributed by atoms with Crippen molar-refractivity contribution in [3.8, 4) is 0 Å². The summed E-state index contributed by atoms with van der Waals surface area (Å²) in [6.07, 6.45) is -10.5.